The number of rotatable bonds is 23. The number of aliphatic hydroxyl groups is 2. The summed E-state index contributed by atoms with van der Waals surface area (Å²) in [6.45, 7) is 7.93. The predicted molar refractivity (Wildman–Crippen MR) is 126 cm³/mol. The fraction of sp³-hybridized carbons (Fsp3) is 1.00. The number of aliphatic hydroxyl groups excluding tert-OH is 2. The molecule has 2 atom stereocenters. The van der Waals surface area contributed by atoms with Gasteiger partial charge in [-0.1, -0.05) is 104 Å². The molecule has 0 saturated heterocycles. The number of ether oxygens (including phenoxy) is 1. The van der Waals surface area contributed by atoms with E-state index in [2.05, 4.69) is 12.2 Å². The van der Waals surface area contributed by atoms with Crippen LogP contribution >= 0.6 is 0 Å². The van der Waals surface area contributed by atoms with Crippen LogP contribution in [0.5, 0.6) is 0 Å². The summed E-state index contributed by atoms with van der Waals surface area (Å²) < 4.78 is 5.59. The lowest BCUT2D eigenvalue weighted by molar-refractivity contribution is 0.0285. The summed E-state index contributed by atoms with van der Waals surface area (Å²) >= 11 is 0. The lowest BCUT2D eigenvalue weighted by Crippen LogP contribution is -2.48. The SMILES string of the molecule is CCCCCCCCCCCCCCCCCOCC(O)CNC(C)(CC)CO. The Morgan fingerprint density at radius 1 is 0.759 bits per heavy atom. The second kappa shape index (κ2) is 21.1. The third-order valence-corrected chi connectivity index (χ3v) is 6.10. The molecule has 29 heavy (non-hydrogen) atoms. The molecule has 0 aromatic carbocycles. The highest BCUT2D eigenvalue weighted by Crippen LogP contribution is 2.13. The zero-order valence-electron chi connectivity index (χ0n) is 20.0. The van der Waals surface area contributed by atoms with Crippen LogP contribution < -0.4 is 5.32 Å². The van der Waals surface area contributed by atoms with E-state index in [1.807, 2.05) is 13.8 Å². The molecular formula is C25H53NO3. The van der Waals surface area contributed by atoms with E-state index >= 15 is 0 Å². The second-order valence-electron chi connectivity index (χ2n) is 9.13. The molecule has 0 aliphatic heterocycles. The van der Waals surface area contributed by atoms with Crippen LogP contribution in [0.1, 0.15) is 124 Å². The molecule has 0 heterocycles. The fourth-order valence-electron chi connectivity index (χ4n) is 3.51. The Morgan fingerprint density at radius 2 is 1.21 bits per heavy atom. The average Bonchev–Trinajstić information content (AvgIpc) is 2.74. The van der Waals surface area contributed by atoms with Gasteiger partial charge in [0, 0.05) is 18.7 Å². The van der Waals surface area contributed by atoms with Crippen molar-refractivity contribution in [2.75, 3.05) is 26.4 Å². The maximum Gasteiger partial charge on any atom is 0.0897 e. The quantitative estimate of drug-likeness (QED) is 0.179. The van der Waals surface area contributed by atoms with E-state index in [1.54, 1.807) is 0 Å². The molecule has 2 unspecified atom stereocenters. The van der Waals surface area contributed by atoms with Crippen LogP contribution in [0.3, 0.4) is 0 Å². The lowest BCUT2D eigenvalue weighted by atomic mass is 10.0. The minimum Gasteiger partial charge on any atom is -0.394 e. The van der Waals surface area contributed by atoms with Crippen LogP contribution in [0.15, 0.2) is 0 Å². The molecule has 3 N–H and O–H groups in total. The largest absolute Gasteiger partial charge is 0.394 e. The minimum absolute atomic E-state index is 0.0796. The number of hydrogen-bond donors (Lipinski definition) is 3. The molecule has 0 spiro atoms. The van der Waals surface area contributed by atoms with Crippen LogP contribution in [0.25, 0.3) is 0 Å². The highest BCUT2D eigenvalue weighted by atomic mass is 16.5. The van der Waals surface area contributed by atoms with E-state index in [0.717, 1.165) is 19.4 Å². The van der Waals surface area contributed by atoms with E-state index < -0.39 is 6.10 Å². The Morgan fingerprint density at radius 3 is 1.62 bits per heavy atom. The molecule has 0 aliphatic rings. The van der Waals surface area contributed by atoms with E-state index in [0.29, 0.717) is 13.2 Å². The number of nitrogens with one attached hydrogen (secondary N) is 1. The predicted octanol–water partition coefficient (Wildman–Crippen LogP) is 5.99. The van der Waals surface area contributed by atoms with Crippen molar-refractivity contribution in [1.82, 2.24) is 5.32 Å². The summed E-state index contributed by atoms with van der Waals surface area (Å²) in [6, 6.07) is 0. The van der Waals surface area contributed by atoms with Gasteiger partial charge >= 0.3 is 0 Å². The molecule has 0 bridgehead atoms. The van der Waals surface area contributed by atoms with Gasteiger partial charge in [-0.3, -0.25) is 0 Å². The molecule has 0 fully saturated rings. The summed E-state index contributed by atoms with van der Waals surface area (Å²) in [5, 5.41) is 22.5. The van der Waals surface area contributed by atoms with E-state index in [4.69, 9.17) is 4.74 Å². The highest BCUT2D eigenvalue weighted by molar-refractivity contribution is 4.81. The first kappa shape index (κ1) is 28.8. The first-order valence-electron chi connectivity index (χ1n) is 12.7. The molecule has 0 rings (SSSR count). The molecule has 176 valence electrons. The van der Waals surface area contributed by atoms with Crippen molar-refractivity contribution in [2.24, 2.45) is 0 Å². The van der Waals surface area contributed by atoms with Crippen LogP contribution in [0, 0.1) is 0 Å². The Labute approximate surface area is 182 Å². The van der Waals surface area contributed by atoms with Crippen molar-refractivity contribution >= 4 is 0 Å². The number of β-amino-alcohol motifs (C(OH)–C–C–N with tert-alkyl or cyclic N) is 1. The van der Waals surface area contributed by atoms with Gasteiger partial charge in [-0.15, -0.1) is 0 Å². The Bertz CT molecular complexity index is 321. The smallest absolute Gasteiger partial charge is 0.0897 e. The normalized spacial score (nSPS) is 14.8. The number of hydrogen-bond acceptors (Lipinski definition) is 4. The molecular weight excluding hydrogens is 362 g/mol. The maximum atomic E-state index is 9.96. The van der Waals surface area contributed by atoms with Crippen molar-refractivity contribution in [1.29, 1.82) is 0 Å². The monoisotopic (exact) mass is 415 g/mol. The first-order chi connectivity index (χ1) is 14.1. The highest BCUT2D eigenvalue weighted by Gasteiger charge is 2.21. The molecule has 0 aromatic heterocycles. The van der Waals surface area contributed by atoms with E-state index in [1.165, 1.54) is 89.9 Å². The van der Waals surface area contributed by atoms with Crippen LogP contribution in [-0.2, 0) is 4.74 Å². The van der Waals surface area contributed by atoms with Gasteiger partial charge in [0.25, 0.3) is 0 Å². The molecule has 0 aliphatic carbocycles. The van der Waals surface area contributed by atoms with Gasteiger partial charge in [-0.05, 0) is 19.8 Å². The van der Waals surface area contributed by atoms with Crippen LogP contribution in [0.2, 0.25) is 0 Å². The average molecular weight is 416 g/mol. The van der Waals surface area contributed by atoms with E-state index in [-0.39, 0.29) is 12.1 Å². The van der Waals surface area contributed by atoms with Crippen molar-refractivity contribution in [3.05, 3.63) is 0 Å². The van der Waals surface area contributed by atoms with Gasteiger partial charge in [0.1, 0.15) is 0 Å². The lowest BCUT2D eigenvalue weighted by Gasteiger charge is -2.28. The molecule has 0 aromatic rings. The zero-order valence-corrected chi connectivity index (χ0v) is 20.0. The van der Waals surface area contributed by atoms with Crippen molar-refractivity contribution in [2.45, 2.75) is 135 Å². The molecule has 4 heteroatoms. The summed E-state index contributed by atoms with van der Waals surface area (Å²) in [6.07, 6.45) is 20.8. The van der Waals surface area contributed by atoms with Crippen molar-refractivity contribution < 1.29 is 14.9 Å². The Kier molecular flexibility index (Phi) is 21.0. The zero-order chi connectivity index (χ0) is 21.6. The Hall–Kier alpha value is -0.160. The summed E-state index contributed by atoms with van der Waals surface area (Å²) in [5.74, 6) is 0. The summed E-state index contributed by atoms with van der Waals surface area (Å²) in [4.78, 5) is 0. The second-order valence-corrected chi connectivity index (χ2v) is 9.13. The van der Waals surface area contributed by atoms with Crippen LogP contribution in [0.4, 0.5) is 0 Å². The summed E-state index contributed by atoms with van der Waals surface area (Å²) in [7, 11) is 0. The standard InChI is InChI=1S/C25H53NO3/c1-4-6-7-8-9-10-11-12-13-14-15-16-17-18-19-20-29-22-24(28)21-26-25(3,5-2)23-27/h24,26-28H,4-23H2,1-3H3. The first-order valence-corrected chi connectivity index (χ1v) is 12.7. The van der Waals surface area contributed by atoms with Gasteiger partial charge in [0.05, 0.1) is 19.3 Å². The summed E-state index contributed by atoms with van der Waals surface area (Å²) in [5.41, 5.74) is -0.310. The molecule has 0 saturated carbocycles. The molecule has 0 radical (unpaired) electrons. The van der Waals surface area contributed by atoms with Gasteiger partial charge in [-0.25, -0.2) is 0 Å². The van der Waals surface area contributed by atoms with Crippen LogP contribution in [-0.4, -0.2) is 48.2 Å². The Balaban J connectivity index is 3.24. The maximum absolute atomic E-state index is 9.96. The van der Waals surface area contributed by atoms with Gasteiger partial charge < -0.3 is 20.3 Å². The molecule has 0 amide bonds. The fourth-order valence-corrected chi connectivity index (χ4v) is 3.51. The minimum atomic E-state index is -0.510. The van der Waals surface area contributed by atoms with Crippen molar-refractivity contribution in [3.63, 3.8) is 0 Å². The topological polar surface area (TPSA) is 61.7 Å². The molecule has 4 nitrogen and oxygen atoms in total. The van der Waals surface area contributed by atoms with Crippen molar-refractivity contribution in [3.8, 4) is 0 Å². The van der Waals surface area contributed by atoms with Gasteiger partial charge in [0.2, 0.25) is 0 Å². The van der Waals surface area contributed by atoms with Gasteiger partial charge in [-0.2, -0.15) is 0 Å². The van der Waals surface area contributed by atoms with Gasteiger partial charge in [0.15, 0.2) is 0 Å². The number of unbranched alkanes of at least 4 members (excludes halogenated alkanes) is 14. The third kappa shape index (κ3) is 19.5. The third-order valence-electron chi connectivity index (χ3n) is 6.10. The van der Waals surface area contributed by atoms with E-state index in [9.17, 15) is 10.2 Å².